The third-order valence-electron chi connectivity index (χ3n) is 2.95. The molecule has 0 aromatic carbocycles. The van der Waals surface area contributed by atoms with Crippen LogP contribution in [-0.2, 0) is 4.74 Å². The topological polar surface area (TPSA) is 51.2 Å². The summed E-state index contributed by atoms with van der Waals surface area (Å²) < 4.78 is 5.33. The van der Waals surface area contributed by atoms with E-state index in [9.17, 15) is 4.79 Å². The lowest BCUT2D eigenvalue weighted by molar-refractivity contribution is 0.0892. The molecule has 1 aromatic heterocycles. The molecule has 0 bridgehead atoms. The number of nitrogens with zero attached hydrogens (tertiary/aromatic N) is 1. The van der Waals surface area contributed by atoms with E-state index in [2.05, 4.69) is 10.3 Å². The van der Waals surface area contributed by atoms with Gasteiger partial charge in [-0.2, -0.15) is 0 Å². The first-order valence-corrected chi connectivity index (χ1v) is 5.43. The Kier molecular flexibility index (Phi) is 3.31. The minimum atomic E-state index is -0.0893. The van der Waals surface area contributed by atoms with Crippen LogP contribution in [0.25, 0.3) is 0 Å². The fraction of sp³-hybridized carbons (Fsp3) is 0.500. The van der Waals surface area contributed by atoms with Crippen LogP contribution >= 0.6 is 0 Å². The van der Waals surface area contributed by atoms with Crippen molar-refractivity contribution in [2.45, 2.75) is 13.0 Å². The Balaban J connectivity index is 2.18. The van der Waals surface area contributed by atoms with Crippen molar-refractivity contribution in [1.82, 2.24) is 10.3 Å². The number of nitrogens with one attached hydrogen (secondary N) is 1. The van der Waals surface area contributed by atoms with E-state index in [1.807, 2.05) is 20.0 Å². The molecule has 1 N–H and O–H groups in total. The number of hydrogen-bond donors (Lipinski definition) is 1. The molecule has 2 heterocycles. The molecular weight excluding hydrogens is 204 g/mol. The summed E-state index contributed by atoms with van der Waals surface area (Å²) in [5, 5.41) is 3.11. The predicted octanol–water partition coefficient (Wildman–Crippen LogP) is 0.807. The van der Waals surface area contributed by atoms with Gasteiger partial charge in [0.2, 0.25) is 0 Å². The van der Waals surface area contributed by atoms with Crippen LogP contribution in [0.4, 0.5) is 0 Å². The van der Waals surface area contributed by atoms with Gasteiger partial charge in [-0.1, -0.05) is 0 Å². The maximum absolute atomic E-state index is 12.2. The Bertz CT molecular complexity index is 392. The Morgan fingerprint density at radius 3 is 3.00 bits per heavy atom. The highest BCUT2D eigenvalue weighted by Gasteiger charge is 2.33. The summed E-state index contributed by atoms with van der Waals surface area (Å²) in [5.74, 6) is 0.0293. The number of ether oxygens (including phenoxy) is 1. The third-order valence-corrected chi connectivity index (χ3v) is 2.95. The van der Waals surface area contributed by atoms with Crippen LogP contribution in [0.5, 0.6) is 0 Å². The van der Waals surface area contributed by atoms with Gasteiger partial charge in [0.05, 0.1) is 19.1 Å². The fourth-order valence-corrected chi connectivity index (χ4v) is 2.00. The van der Waals surface area contributed by atoms with Crippen molar-refractivity contribution in [1.29, 1.82) is 0 Å². The molecule has 16 heavy (non-hydrogen) atoms. The number of likely N-dealkylation sites (N-methyl/N-ethyl adjacent to an activating group) is 1. The van der Waals surface area contributed by atoms with Gasteiger partial charge in [0.25, 0.3) is 0 Å². The smallest absolute Gasteiger partial charge is 0.171 e. The Hall–Kier alpha value is -1.26. The second-order valence-corrected chi connectivity index (χ2v) is 4.15. The summed E-state index contributed by atoms with van der Waals surface area (Å²) >= 11 is 0. The summed E-state index contributed by atoms with van der Waals surface area (Å²) in [5.41, 5.74) is 1.68. The second-order valence-electron chi connectivity index (χ2n) is 4.15. The van der Waals surface area contributed by atoms with Crippen LogP contribution in [-0.4, -0.2) is 37.1 Å². The zero-order valence-corrected chi connectivity index (χ0v) is 9.56. The maximum atomic E-state index is 12.2. The van der Waals surface area contributed by atoms with Crippen LogP contribution in [0.3, 0.4) is 0 Å². The van der Waals surface area contributed by atoms with E-state index in [-0.39, 0.29) is 17.7 Å². The number of hydrogen-bond acceptors (Lipinski definition) is 4. The van der Waals surface area contributed by atoms with Crippen molar-refractivity contribution < 1.29 is 9.53 Å². The van der Waals surface area contributed by atoms with Gasteiger partial charge in [-0.15, -0.1) is 0 Å². The van der Waals surface area contributed by atoms with Crippen molar-refractivity contribution in [2.24, 2.45) is 5.92 Å². The van der Waals surface area contributed by atoms with Crippen LogP contribution in [0.15, 0.2) is 18.5 Å². The molecule has 0 radical (unpaired) electrons. The lowest BCUT2D eigenvalue weighted by Gasteiger charge is -2.15. The van der Waals surface area contributed by atoms with Gasteiger partial charge in [-0.05, 0) is 25.6 Å². The van der Waals surface area contributed by atoms with Gasteiger partial charge < -0.3 is 10.1 Å². The van der Waals surface area contributed by atoms with E-state index < -0.39 is 0 Å². The van der Waals surface area contributed by atoms with E-state index >= 15 is 0 Å². The van der Waals surface area contributed by atoms with E-state index in [4.69, 9.17) is 4.74 Å². The van der Waals surface area contributed by atoms with Crippen molar-refractivity contribution in [3.63, 3.8) is 0 Å². The maximum Gasteiger partial charge on any atom is 0.171 e. The Morgan fingerprint density at radius 1 is 1.50 bits per heavy atom. The number of pyridine rings is 1. The number of carbonyl (C=O) groups is 1. The third kappa shape index (κ3) is 2.13. The van der Waals surface area contributed by atoms with E-state index in [1.54, 1.807) is 12.4 Å². The highest BCUT2D eigenvalue weighted by molar-refractivity contribution is 5.98. The molecule has 1 aromatic rings. The largest absolute Gasteiger partial charge is 0.379 e. The number of rotatable bonds is 3. The first kappa shape index (κ1) is 11.2. The molecule has 1 aliphatic heterocycles. The number of carbonyl (C=O) groups excluding carboxylic acids is 1. The first-order chi connectivity index (χ1) is 7.72. The standard InChI is InChI=1S/C12H16N2O2/c1-8-3-9(5-14-4-8)12(15)10-6-16-7-11(10)13-2/h3-5,10-11,13H,6-7H2,1-2H3. The average molecular weight is 220 g/mol. The molecule has 0 amide bonds. The van der Waals surface area contributed by atoms with Crippen molar-refractivity contribution in [3.8, 4) is 0 Å². The molecule has 2 unspecified atom stereocenters. The number of aryl methyl sites for hydroxylation is 1. The minimum Gasteiger partial charge on any atom is -0.379 e. The lowest BCUT2D eigenvalue weighted by atomic mass is 9.94. The van der Waals surface area contributed by atoms with E-state index in [0.717, 1.165) is 5.56 Å². The molecular formula is C12H16N2O2. The monoisotopic (exact) mass is 220 g/mol. The molecule has 0 spiro atoms. The van der Waals surface area contributed by atoms with Crippen LogP contribution in [0.2, 0.25) is 0 Å². The zero-order chi connectivity index (χ0) is 11.5. The fourth-order valence-electron chi connectivity index (χ4n) is 2.00. The normalized spacial score (nSPS) is 24.6. The Labute approximate surface area is 95.0 Å². The molecule has 1 fully saturated rings. The lowest BCUT2D eigenvalue weighted by Crippen LogP contribution is -2.37. The summed E-state index contributed by atoms with van der Waals surface area (Å²) in [6.45, 7) is 3.04. The van der Waals surface area contributed by atoms with E-state index in [1.165, 1.54) is 0 Å². The van der Waals surface area contributed by atoms with Gasteiger partial charge in [0, 0.05) is 24.0 Å². The predicted molar refractivity (Wildman–Crippen MR) is 60.5 cm³/mol. The molecule has 1 saturated heterocycles. The zero-order valence-electron chi connectivity index (χ0n) is 9.56. The summed E-state index contributed by atoms with van der Waals surface area (Å²) in [4.78, 5) is 16.3. The van der Waals surface area contributed by atoms with Gasteiger partial charge in [0.1, 0.15) is 0 Å². The minimum absolute atomic E-state index is 0.0893. The van der Waals surface area contributed by atoms with Gasteiger partial charge in [-0.25, -0.2) is 0 Å². The summed E-state index contributed by atoms with van der Waals surface area (Å²) in [6.07, 6.45) is 3.37. The molecule has 1 aliphatic rings. The number of ketones is 1. The van der Waals surface area contributed by atoms with Gasteiger partial charge >= 0.3 is 0 Å². The molecule has 0 saturated carbocycles. The molecule has 4 heteroatoms. The molecule has 0 aliphatic carbocycles. The van der Waals surface area contributed by atoms with Crippen molar-refractivity contribution in [3.05, 3.63) is 29.6 Å². The average Bonchev–Trinajstić information content (AvgIpc) is 2.76. The van der Waals surface area contributed by atoms with Crippen LogP contribution in [0, 0.1) is 12.8 Å². The quantitative estimate of drug-likeness (QED) is 0.766. The van der Waals surface area contributed by atoms with Crippen LogP contribution in [0.1, 0.15) is 15.9 Å². The van der Waals surface area contributed by atoms with Crippen molar-refractivity contribution in [2.75, 3.05) is 20.3 Å². The molecule has 4 nitrogen and oxygen atoms in total. The number of Topliss-reactive ketones (excluding diaryl/α,β-unsaturated/α-hetero) is 1. The summed E-state index contributed by atoms with van der Waals surface area (Å²) in [7, 11) is 1.86. The van der Waals surface area contributed by atoms with Crippen molar-refractivity contribution >= 4 is 5.78 Å². The van der Waals surface area contributed by atoms with Gasteiger partial charge in [-0.3, -0.25) is 9.78 Å². The second kappa shape index (κ2) is 4.72. The number of aromatic nitrogens is 1. The summed E-state index contributed by atoms with van der Waals surface area (Å²) in [6, 6.07) is 1.99. The SMILES string of the molecule is CNC1COCC1C(=O)c1cncc(C)c1. The van der Waals surface area contributed by atoms with E-state index in [0.29, 0.717) is 18.8 Å². The van der Waals surface area contributed by atoms with Gasteiger partial charge in [0.15, 0.2) is 5.78 Å². The first-order valence-electron chi connectivity index (χ1n) is 5.43. The van der Waals surface area contributed by atoms with Crippen LogP contribution < -0.4 is 5.32 Å². The molecule has 2 rings (SSSR count). The highest BCUT2D eigenvalue weighted by atomic mass is 16.5. The highest BCUT2D eigenvalue weighted by Crippen LogP contribution is 2.19. The molecule has 86 valence electrons. The molecule has 2 atom stereocenters. The Morgan fingerprint density at radius 2 is 2.31 bits per heavy atom.